The van der Waals surface area contributed by atoms with Crippen molar-refractivity contribution >= 4 is 39.6 Å². The summed E-state index contributed by atoms with van der Waals surface area (Å²) >= 11 is 0. The molecule has 6 rings (SSSR count). The minimum Gasteiger partial charge on any atom is -0.491 e. The fourth-order valence-electron chi connectivity index (χ4n) is 5.12. The van der Waals surface area contributed by atoms with Crippen LogP contribution >= 0.6 is 0 Å². The maximum atomic E-state index is 12.7. The van der Waals surface area contributed by atoms with E-state index in [4.69, 9.17) is 9.84 Å². The molecule has 0 bridgehead atoms. The highest BCUT2D eigenvalue weighted by Crippen LogP contribution is 2.27. The largest absolute Gasteiger partial charge is 0.491 e. The van der Waals surface area contributed by atoms with Crippen LogP contribution in [0.25, 0.3) is 16.6 Å². The Morgan fingerprint density at radius 2 is 1.52 bits per heavy atom. The van der Waals surface area contributed by atoms with Crippen molar-refractivity contribution in [1.29, 1.82) is 0 Å². The first-order chi connectivity index (χ1) is 20.6. The summed E-state index contributed by atoms with van der Waals surface area (Å²) in [6.45, 7) is 1.91. The summed E-state index contributed by atoms with van der Waals surface area (Å²) in [5.41, 5.74) is 6.20. The molecule has 214 valence electrons. The van der Waals surface area contributed by atoms with Crippen LogP contribution in [0.5, 0.6) is 5.75 Å². The second-order valence-corrected chi connectivity index (χ2v) is 10.3. The topological polar surface area (TPSA) is 112 Å². The summed E-state index contributed by atoms with van der Waals surface area (Å²) < 4.78 is 7.22. The number of carbonyl (C=O) groups excluding carboxylic acids is 1. The van der Waals surface area contributed by atoms with Crippen molar-refractivity contribution in [3.63, 3.8) is 0 Å². The molecule has 0 aliphatic carbocycles. The maximum absolute atomic E-state index is 12.7. The average Bonchev–Trinajstić information content (AvgIpc) is 3.45. The van der Waals surface area contributed by atoms with Crippen LogP contribution in [0.3, 0.4) is 0 Å². The van der Waals surface area contributed by atoms with E-state index in [0.717, 1.165) is 53.9 Å². The van der Waals surface area contributed by atoms with Gasteiger partial charge in [-0.2, -0.15) is 5.10 Å². The number of hydrogen-bond donors (Lipinski definition) is 4. The van der Waals surface area contributed by atoms with Crippen molar-refractivity contribution < 1.29 is 19.7 Å². The molecule has 1 aromatic heterocycles. The van der Waals surface area contributed by atoms with E-state index in [9.17, 15) is 9.90 Å². The van der Waals surface area contributed by atoms with Crippen molar-refractivity contribution in [2.45, 2.75) is 18.9 Å². The molecule has 0 unspecified atom stereocenters. The van der Waals surface area contributed by atoms with Gasteiger partial charge < -0.3 is 30.5 Å². The molecule has 2 heterocycles. The molecule has 1 aliphatic rings. The molecule has 1 amide bonds. The summed E-state index contributed by atoms with van der Waals surface area (Å²) in [7, 11) is 0. The SMILES string of the molecule is O=C(Nc1ccc(-n2ncc3cc(Nc4ccc(N5CCC(O)CC5)cc4)ccc32)cc1)c1ccc(OCCO)cc1. The maximum Gasteiger partial charge on any atom is 0.255 e. The van der Waals surface area contributed by atoms with Gasteiger partial charge in [0.05, 0.1) is 30.1 Å². The van der Waals surface area contributed by atoms with Gasteiger partial charge in [0.15, 0.2) is 0 Å². The first-order valence-electron chi connectivity index (χ1n) is 14.1. The third kappa shape index (κ3) is 6.22. The highest BCUT2D eigenvalue weighted by Gasteiger charge is 2.17. The Balaban J connectivity index is 1.09. The van der Waals surface area contributed by atoms with Crippen LogP contribution in [-0.2, 0) is 0 Å². The zero-order valence-electron chi connectivity index (χ0n) is 23.1. The molecule has 1 fully saturated rings. The summed E-state index contributed by atoms with van der Waals surface area (Å²) in [6, 6.07) is 28.9. The van der Waals surface area contributed by atoms with Gasteiger partial charge in [-0.3, -0.25) is 4.79 Å². The zero-order chi connectivity index (χ0) is 28.9. The standard InChI is InChI=1S/C33H33N5O4/c39-19-20-42-31-12-1-23(2-13-31)33(41)36-26-5-10-29(11-6-26)38-32-14-7-27(21-24(32)22-34-38)35-25-3-8-28(9-4-25)37-17-15-30(40)16-18-37/h1-14,21-22,30,35,39-40H,15-20H2,(H,36,41). The molecule has 9 heteroatoms. The molecule has 0 saturated carbocycles. The summed E-state index contributed by atoms with van der Waals surface area (Å²) in [5.74, 6) is 0.381. The van der Waals surface area contributed by atoms with E-state index in [2.05, 4.69) is 51.0 Å². The molecule has 0 atom stereocenters. The minimum absolute atomic E-state index is 0.0622. The van der Waals surface area contributed by atoms with E-state index >= 15 is 0 Å². The van der Waals surface area contributed by atoms with Gasteiger partial charge in [0.2, 0.25) is 0 Å². The number of aliphatic hydroxyl groups excluding tert-OH is 2. The molecule has 42 heavy (non-hydrogen) atoms. The van der Waals surface area contributed by atoms with Crippen LogP contribution < -0.4 is 20.3 Å². The van der Waals surface area contributed by atoms with Gasteiger partial charge in [-0.25, -0.2) is 4.68 Å². The number of nitrogens with one attached hydrogen (secondary N) is 2. The number of carbonyl (C=O) groups is 1. The second kappa shape index (κ2) is 12.3. The third-order valence-corrected chi connectivity index (χ3v) is 7.40. The van der Waals surface area contributed by atoms with Gasteiger partial charge >= 0.3 is 0 Å². The van der Waals surface area contributed by atoms with Gasteiger partial charge in [0, 0.05) is 46.8 Å². The van der Waals surface area contributed by atoms with Gasteiger partial charge in [0.25, 0.3) is 5.91 Å². The summed E-state index contributed by atoms with van der Waals surface area (Å²) in [5, 5.41) is 30.6. The van der Waals surface area contributed by atoms with E-state index in [1.165, 1.54) is 5.69 Å². The van der Waals surface area contributed by atoms with Crippen molar-refractivity contribution in [2.24, 2.45) is 0 Å². The number of hydrogen-bond acceptors (Lipinski definition) is 7. The molecule has 9 nitrogen and oxygen atoms in total. The van der Waals surface area contributed by atoms with Gasteiger partial charge in [-0.15, -0.1) is 0 Å². The predicted molar refractivity (Wildman–Crippen MR) is 165 cm³/mol. The Kier molecular flexibility index (Phi) is 8.02. The number of aliphatic hydroxyl groups is 2. The van der Waals surface area contributed by atoms with Crippen molar-refractivity contribution in [2.75, 3.05) is 41.8 Å². The number of ether oxygens (including phenoxy) is 1. The highest BCUT2D eigenvalue weighted by atomic mass is 16.5. The fourth-order valence-corrected chi connectivity index (χ4v) is 5.12. The fraction of sp³-hybridized carbons (Fsp3) is 0.212. The molecular weight excluding hydrogens is 530 g/mol. The monoisotopic (exact) mass is 563 g/mol. The van der Waals surface area contributed by atoms with Gasteiger partial charge in [-0.1, -0.05) is 0 Å². The second-order valence-electron chi connectivity index (χ2n) is 10.3. The average molecular weight is 564 g/mol. The highest BCUT2D eigenvalue weighted by molar-refractivity contribution is 6.04. The quantitative estimate of drug-likeness (QED) is 0.191. The van der Waals surface area contributed by atoms with Crippen LogP contribution in [0.15, 0.2) is 97.2 Å². The van der Waals surface area contributed by atoms with Crippen LogP contribution in [0.1, 0.15) is 23.2 Å². The zero-order valence-corrected chi connectivity index (χ0v) is 23.1. The number of aromatic nitrogens is 2. The van der Waals surface area contributed by atoms with E-state index < -0.39 is 0 Å². The molecule has 0 spiro atoms. The number of anilines is 4. The molecule has 0 radical (unpaired) electrons. The number of amides is 1. The smallest absolute Gasteiger partial charge is 0.255 e. The number of piperidine rings is 1. The Hall–Kier alpha value is -4.86. The number of nitrogens with zero attached hydrogens (tertiary/aromatic N) is 3. The first kappa shape index (κ1) is 27.3. The van der Waals surface area contributed by atoms with Crippen LogP contribution in [0, 0.1) is 0 Å². The Morgan fingerprint density at radius 3 is 2.24 bits per heavy atom. The van der Waals surface area contributed by atoms with E-state index in [1.54, 1.807) is 24.3 Å². The van der Waals surface area contributed by atoms with Crippen LogP contribution in [0.4, 0.5) is 22.7 Å². The lowest BCUT2D eigenvalue weighted by atomic mass is 10.1. The lowest BCUT2D eigenvalue weighted by molar-refractivity contribution is 0.102. The lowest BCUT2D eigenvalue weighted by Crippen LogP contribution is -2.35. The third-order valence-electron chi connectivity index (χ3n) is 7.40. The Morgan fingerprint density at radius 1 is 0.857 bits per heavy atom. The van der Waals surface area contributed by atoms with E-state index in [-0.39, 0.29) is 25.2 Å². The Bertz CT molecular complexity index is 1640. The number of fused-ring (bicyclic) bond motifs is 1. The molecular formula is C33H33N5O4. The summed E-state index contributed by atoms with van der Waals surface area (Å²) in [4.78, 5) is 15.0. The molecule has 4 N–H and O–H groups in total. The van der Waals surface area contributed by atoms with Crippen LogP contribution in [-0.4, -0.2) is 58.3 Å². The molecule has 4 aromatic carbocycles. The van der Waals surface area contributed by atoms with Crippen molar-refractivity contribution in [3.8, 4) is 11.4 Å². The Labute approximate surface area is 244 Å². The first-order valence-corrected chi connectivity index (χ1v) is 14.1. The van der Waals surface area contributed by atoms with E-state index in [0.29, 0.717) is 17.0 Å². The lowest BCUT2D eigenvalue weighted by Gasteiger charge is -2.31. The molecule has 1 saturated heterocycles. The van der Waals surface area contributed by atoms with Crippen molar-refractivity contribution in [1.82, 2.24) is 9.78 Å². The van der Waals surface area contributed by atoms with Gasteiger partial charge in [-0.05, 0) is 104 Å². The van der Waals surface area contributed by atoms with E-state index in [1.807, 2.05) is 47.3 Å². The summed E-state index contributed by atoms with van der Waals surface area (Å²) in [6.07, 6.45) is 3.29. The number of rotatable bonds is 9. The number of benzene rings is 4. The van der Waals surface area contributed by atoms with Crippen LogP contribution in [0.2, 0.25) is 0 Å². The van der Waals surface area contributed by atoms with Crippen molar-refractivity contribution in [3.05, 3.63) is 103 Å². The molecule has 1 aliphatic heterocycles. The minimum atomic E-state index is -0.220. The normalized spacial score (nSPS) is 13.7. The predicted octanol–water partition coefficient (Wildman–Crippen LogP) is 5.35. The van der Waals surface area contributed by atoms with Gasteiger partial charge in [0.1, 0.15) is 12.4 Å². The molecule has 5 aromatic rings.